The van der Waals surface area contributed by atoms with Gasteiger partial charge in [0.05, 0.1) is 12.7 Å². The van der Waals surface area contributed by atoms with Gasteiger partial charge in [-0.2, -0.15) is 0 Å². The first kappa shape index (κ1) is 13.8. The summed E-state index contributed by atoms with van der Waals surface area (Å²) in [5.74, 6) is 0. The summed E-state index contributed by atoms with van der Waals surface area (Å²) in [6.45, 7) is 9.32. The zero-order valence-electron chi connectivity index (χ0n) is 9.53. The minimum absolute atomic E-state index is 0.0568. The lowest BCUT2D eigenvalue weighted by molar-refractivity contribution is 0.111. The highest BCUT2D eigenvalue weighted by Crippen LogP contribution is 1.91. The van der Waals surface area contributed by atoms with E-state index in [0.717, 1.165) is 13.1 Å². The van der Waals surface area contributed by atoms with E-state index in [2.05, 4.69) is 24.1 Å². The van der Waals surface area contributed by atoms with E-state index in [-0.39, 0.29) is 18.8 Å². The lowest BCUT2D eigenvalue weighted by atomic mass is 10.3. The summed E-state index contributed by atoms with van der Waals surface area (Å²) in [5.41, 5.74) is 0. The fraction of sp³-hybridized carbons (Fsp3) is 1.00. The molecular weight excluding hydrogens is 180 g/mol. The van der Waals surface area contributed by atoms with Crippen LogP contribution in [0.2, 0.25) is 0 Å². The normalized spacial score (nSPS) is 15.9. The zero-order chi connectivity index (χ0) is 11.0. The van der Waals surface area contributed by atoms with Gasteiger partial charge < -0.3 is 20.4 Å². The van der Waals surface area contributed by atoms with E-state index >= 15 is 0 Å². The monoisotopic (exact) mass is 204 g/mol. The van der Waals surface area contributed by atoms with Crippen molar-refractivity contribution >= 4 is 0 Å². The molecule has 0 aromatic heterocycles. The summed E-state index contributed by atoms with van der Waals surface area (Å²) in [7, 11) is 0. The Hall–Kier alpha value is -0.160. The Morgan fingerprint density at radius 2 is 1.86 bits per heavy atom. The van der Waals surface area contributed by atoms with Crippen LogP contribution >= 0.6 is 0 Å². The molecule has 86 valence electrons. The van der Waals surface area contributed by atoms with Gasteiger partial charge >= 0.3 is 0 Å². The van der Waals surface area contributed by atoms with E-state index in [1.54, 1.807) is 0 Å². The maximum atomic E-state index is 9.64. The standard InChI is InChI=1S/C10H24N2O2/c1-4-12(5-2)7-10(14)6-11-9(3)8-13/h9-11,13-14H,4-8H2,1-3H3. The first-order valence-electron chi connectivity index (χ1n) is 5.38. The zero-order valence-corrected chi connectivity index (χ0v) is 9.53. The lowest BCUT2D eigenvalue weighted by Crippen LogP contribution is -2.41. The van der Waals surface area contributed by atoms with Gasteiger partial charge in [0.25, 0.3) is 0 Å². The Morgan fingerprint density at radius 3 is 2.29 bits per heavy atom. The van der Waals surface area contributed by atoms with E-state index in [4.69, 9.17) is 5.11 Å². The van der Waals surface area contributed by atoms with Crippen molar-refractivity contribution < 1.29 is 10.2 Å². The molecule has 0 spiro atoms. The minimum Gasteiger partial charge on any atom is -0.395 e. The molecule has 0 amide bonds. The first-order valence-corrected chi connectivity index (χ1v) is 5.38. The quantitative estimate of drug-likeness (QED) is 0.506. The average molecular weight is 204 g/mol. The van der Waals surface area contributed by atoms with E-state index in [1.807, 2.05) is 6.92 Å². The molecule has 0 radical (unpaired) electrons. The Morgan fingerprint density at radius 1 is 1.29 bits per heavy atom. The van der Waals surface area contributed by atoms with Crippen LogP contribution in [-0.4, -0.2) is 60.0 Å². The number of hydrogen-bond donors (Lipinski definition) is 3. The fourth-order valence-electron chi connectivity index (χ4n) is 1.25. The van der Waals surface area contributed by atoms with Crippen LogP contribution in [-0.2, 0) is 0 Å². The second-order valence-electron chi connectivity index (χ2n) is 3.63. The van der Waals surface area contributed by atoms with Crippen molar-refractivity contribution in [3.63, 3.8) is 0 Å². The van der Waals surface area contributed by atoms with Gasteiger partial charge in [-0.25, -0.2) is 0 Å². The van der Waals surface area contributed by atoms with Gasteiger partial charge in [0.2, 0.25) is 0 Å². The average Bonchev–Trinajstić information content (AvgIpc) is 2.22. The maximum Gasteiger partial charge on any atom is 0.0791 e. The van der Waals surface area contributed by atoms with Gasteiger partial charge in [-0.1, -0.05) is 13.8 Å². The molecule has 2 atom stereocenters. The van der Waals surface area contributed by atoms with Crippen LogP contribution in [0.3, 0.4) is 0 Å². The molecular formula is C10H24N2O2. The molecule has 0 rings (SSSR count). The highest BCUT2D eigenvalue weighted by Gasteiger charge is 2.09. The van der Waals surface area contributed by atoms with Gasteiger partial charge in [-0.3, -0.25) is 0 Å². The molecule has 0 heterocycles. The van der Waals surface area contributed by atoms with Gasteiger partial charge in [0.1, 0.15) is 0 Å². The van der Waals surface area contributed by atoms with Gasteiger partial charge in [0, 0.05) is 19.1 Å². The fourth-order valence-corrected chi connectivity index (χ4v) is 1.25. The Balaban J connectivity index is 3.58. The predicted octanol–water partition coefficient (Wildman–Crippen LogP) is -0.340. The van der Waals surface area contributed by atoms with Crippen molar-refractivity contribution in [2.45, 2.75) is 32.9 Å². The smallest absolute Gasteiger partial charge is 0.0791 e. The molecule has 3 N–H and O–H groups in total. The van der Waals surface area contributed by atoms with Crippen molar-refractivity contribution in [1.82, 2.24) is 10.2 Å². The van der Waals surface area contributed by atoms with Crippen molar-refractivity contribution in [2.75, 3.05) is 32.8 Å². The summed E-state index contributed by atoms with van der Waals surface area (Å²) in [6, 6.07) is 0.0568. The summed E-state index contributed by atoms with van der Waals surface area (Å²) in [4.78, 5) is 2.18. The molecule has 4 heteroatoms. The van der Waals surface area contributed by atoms with Crippen LogP contribution in [0, 0.1) is 0 Å². The van der Waals surface area contributed by atoms with Crippen LogP contribution in [0.1, 0.15) is 20.8 Å². The topological polar surface area (TPSA) is 55.7 Å². The number of nitrogens with one attached hydrogen (secondary N) is 1. The van der Waals surface area contributed by atoms with Crippen LogP contribution in [0.15, 0.2) is 0 Å². The van der Waals surface area contributed by atoms with E-state index in [1.165, 1.54) is 0 Å². The number of rotatable bonds is 8. The molecule has 0 fully saturated rings. The third-order valence-electron chi connectivity index (χ3n) is 2.34. The highest BCUT2D eigenvalue weighted by atomic mass is 16.3. The second-order valence-corrected chi connectivity index (χ2v) is 3.63. The Bertz CT molecular complexity index is 129. The largest absolute Gasteiger partial charge is 0.395 e. The SMILES string of the molecule is CCN(CC)CC(O)CNC(C)CO. The molecule has 0 aliphatic rings. The molecule has 0 aromatic rings. The van der Waals surface area contributed by atoms with Crippen LogP contribution in [0.4, 0.5) is 0 Å². The molecule has 2 unspecified atom stereocenters. The number of likely N-dealkylation sites (N-methyl/N-ethyl adjacent to an activating group) is 1. The third-order valence-corrected chi connectivity index (χ3v) is 2.34. The number of hydrogen-bond acceptors (Lipinski definition) is 4. The maximum absolute atomic E-state index is 9.64. The van der Waals surface area contributed by atoms with E-state index < -0.39 is 0 Å². The molecule has 14 heavy (non-hydrogen) atoms. The van der Waals surface area contributed by atoms with Crippen molar-refractivity contribution in [3.8, 4) is 0 Å². The predicted molar refractivity (Wildman–Crippen MR) is 58.3 cm³/mol. The summed E-state index contributed by atoms with van der Waals surface area (Å²) >= 11 is 0. The van der Waals surface area contributed by atoms with Crippen molar-refractivity contribution in [2.24, 2.45) is 0 Å². The molecule has 0 saturated heterocycles. The third kappa shape index (κ3) is 6.32. The molecule has 0 aliphatic heterocycles. The highest BCUT2D eigenvalue weighted by molar-refractivity contribution is 4.67. The van der Waals surface area contributed by atoms with Crippen molar-refractivity contribution in [1.29, 1.82) is 0 Å². The van der Waals surface area contributed by atoms with Gasteiger partial charge in [0.15, 0.2) is 0 Å². The molecule has 0 aromatic carbocycles. The summed E-state index contributed by atoms with van der Waals surface area (Å²) < 4.78 is 0. The van der Waals surface area contributed by atoms with Crippen LogP contribution < -0.4 is 5.32 Å². The van der Waals surface area contributed by atoms with Gasteiger partial charge in [-0.05, 0) is 20.0 Å². The van der Waals surface area contributed by atoms with E-state index in [9.17, 15) is 5.11 Å². The minimum atomic E-state index is -0.358. The lowest BCUT2D eigenvalue weighted by Gasteiger charge is -2.23. The molecule has 4 nitrogen and oxygen atoms in total. The number of aliphatic hydroxyl groups excluding tert-OH is 2. The molecule has 0 saturated carbocycles. The number of aliphatic hydroxyl groups is 2. The van der Waals surface area contributed by atoms with Crippen LogP contribution in [0.25, 0.3) is 0 Å². The number of nitrogens with zero attached hydrogens (tertiary/aromatic N) is 1. The Kier molecular flexibility index (Phi) is 8.08. The summed E-state index contributed by atoms with van der Waals surface area (Å²) in [6.07, 6.45) is -0.358. The first-order chi connectivity index (χ1) is 6.63. The molecule has 0 aliphatic carbocycles. The van der Waals surface area contributed by atoms with Crippen molar-refractivity contribution in [3.05, 3.63) is 0 Å². The molecule has 0 bridgehead atoms. The van der Waals surface area contributed by atoms with E-state index in [0.29, 0.717) is 13.1 Å². The summed E-state index contributed by atoms with van der Waals surface area (Å²) in [5, 5.41) is 21.5. The Labute approximate surface area is 86.9 Å². The van der Waals surface area contributed by atoms with Crippen LogP contribution in [0.5, 0.6) is 0 Å². The second kappa shape index (κ2) is 8.17. The van der Waals surface area contributed by atoms with Gasteiger partial charge in [-0.15, -0.1) is 0 Å².